The summed E-state index contributed by atoms with van der Waals surface area (Å²) in [7, 11) is 0. The summed E-state index contributed by atoms with van der Waals surface area (Å²) >= 11 is 0. The Hall–Kier alpha value is -4.92. The maximum atomic E-state index is 12.8. The highest BCUT2D eigenvalue weighted by molar-refractivity contribution is 6.04. The average molecular weight is 435 g/mol. The van der Waals surface area contributed by atoms with E-state index in [1.54, 1.807) is 24.3 Å². The van der Waals surface area contributed by atoms with Crippen molar-refractivity contribution in [3.8, 4) is 17.6 Å². The summed E-state index contributed by atoms with van der Waals surface area (Å²) in [5.41, 5.74) is -1.89. The van der Waals surface area contributed by atoms with E-state index in [1.165, 1.54) is 6.07 Å². The maximum Gasteiger partial charge on any atom is 0.328 e. The number of benzene rings is 2. The van der Waals surface area contributed by atoms with Gasteiger partial charge in [-0.15, -0.1) is 0 Å². The third-order valence-corrected chi connectivity index (χ3v) is 4.67. The van der Waals surface area contributed by atoms with Crippen LogP contribution in [-0.4, -0.2) is 27.2 Å². The minimum absolute atomic E-state index is 0.0176. The van der Waals surface area contributed by atoms with Crippen LogP contribution in [0.4, 0.5) is 11.4 Å². The van der Waals surface area contributed by atoms with E-state index in [0.717, 1.165) is 22.9 Å². The van der Waals surface area contributed by atoms with Gasteiger partial charge in [0, 0.05) is 18.3 Å². The van der Waals surface area contributed by atoms with Gasteiger partial charge in [0.1, 0.15) is 11.6 Å². The first-order chi connectivity index (χ1) is 15.4. The fraction of sp³-hybridized carbons (Fsp3) is 0.100. The lowest BCUT2D eigenvalue weighted by Crippen LogP contribution is -2.39. The zero-order valence-corrected chi connectivity index (χ0v) is 16.2. The molecule has 0 atom stereocenters. The largest absolute Gasteiger partial charge is 0.454 e. The quantitative estimate of drug-likeness (QED) is 0.447. The van der Waals surface area contributed by atoms with Crippen LogP contribution in [-0.2, 0) is 6.54 Å². The smallest absolute Gasteiger partial charge is 0.328 e. The van der Waals surface area contributed by atoms with Crippen molar-refractivity contribution in [1.29, 1.82) is 5.26 Å². The van der Waals surface area contributed by atoms with Crippen molar-refractivity contribution < 1.29 is 19.2 Å². The molecule has 0 aliphatic carbocycles. The number of aromatic nitrogens is 2. The van der Waals surface area contributed by atoms with Gasteiger partial charge in [-0.1, -0.05) is 6.07 Å². The highest BCUT2D eigenvalue weighted by Gasteiger charge is 2.19. The van der Waals surface area contributed by atoms with Crippen LogP contribution in [0.3, 0.4) is 0 Å². The molecule has 1 aromatic heterocycles. The second kappa shape index (κ2) is 8.07. The topological polar surface area (TPSA) is 169 Å². The van der Waals surface area contributed by atoms with Gasteiger partial charge in [0.15, 0.2) is 11.5 Å². The first kappa shape index (κ1) is 20.4. The minimum atomic E-state index is -0.893. The average Bonchev–Trinajstić information content (AvgIpc) is 3.24. The number of non-ortho nitro benzene ring substituents is 1. The molecule has 1 amide bonds. The summed E-state index contributed by atoms with van der Waals surface area (Å²) in [4.78, 5) is 50.2. The maximum absolute atomic E-state index is 12.8. The van der Waals surface area contributed by atoms with Crippen LogP contribution in [0.15, 0.2) is 52.2 Å². The van der Waals surface area contributed by atoms with Crippen molar-refractivity contribution in [3.05, 3.63) is 90.2 Å². The zero-order valence-electron chi connectivity index (χ0n) is 16.2. The van der Waals surface area contributed by atoms with E-state index in [4.69, 9.17) is 9.47 Å². The Balaban J connectivity index is 1.63. The number of nitrogens with one attached hydrogen (secondary N) is 2. The third-order valence-electron chi connectivity index (χ3n) is 4.67. The Morgan fingerprint density at radius 3 is 2.75 bits per heavy atom. The SMILES string of the molecule is N#Cc1cc([N+](=O)[O-])ccc1NC(=O)c1c[nH]c(=O)n(Cc2ccc3c(c2)OCO3)c1=O. The second-order valence-corrected chi connectivity index (χ2v) is 6.64. The van der Waals surface area contributed by atoms with Gasteiger partial charge in [-0.25, -0.2) is 4.79 Å². The van der Waals surface area contributed by atoms with Gasteiger partial charge in [-0.05, 0) is 23.8 Å². The van der Waals surface area contributed by atoms with Crippen LogP contribution in [0.2, 0.25) is 0 Å². The van der Waals surface area contributed by atoms with Crippen molar-refractivity contribution in [2.24, 2.45) is 0 Å². The van der Waals surface area contributed by atoms with Gasteiger partial charge in [-0.3, -0.25) is 24.3 Å². The molecule has 0 unspecified atom stereocenters. The summed E-state index contributed by atoms with van der Waals surface area (Å²) in [6.07, 6.45) is 0.966. The molecule has 4 rings (SSSR count). The van der Waals surface area contributed by atoms with Crippen LogP contribution in [0.25, 0.3) is 0 Å². The number of fused-ring (bicyclic) bond motifs is 1. The van der Waals surface area contributed by atoms with Gasteiger partial charge in [0.25, 0.3) is 17.2 Å². The number of carbonyl (C=O) groups excluding carboxylic acids is 1. The molecule has 2 heterocycles. The van der Waals surface area contributed by atoms with Gasteiger partial charge < -0.3 is 19.8 Å². The molecule has 1 aliphatic heterocycles. The Kier molecular flexibility index (Phi) is 5.14. The molecule has 32 heavy (non-hydrogen) atoms. The van der Waals surface area contributed by atoms with Gasteiger partial charge in [0.05, 0.1) is 22.7 Å². The standard InChI is InChI=1S/C20H13N5O7/c21-7-12-6-13(25(29)30)2-3-15(12)23-18(26)14-8-22-20(28)24(19(14)27)9-11-1-4-16-17(5-11)32-10-31-16/h1-6,8H,9-10H2,(H,22,28)(H,23,26). The Labute approximate surface area is 178 Å². The molecule has 3 aromatic rings. The van der Waals surface area contributed by atoms with Crippen molar-refractivity contribution in [2.75, 3.05) is 12.1 Å². The van der Waals surface area contributed by atoms with E-state index in [9.17, 15) is 29.8 Å². The minimum Gasteiger partial charge on any atom is -0.454 e. The molecule has 0 spiro atoms. The van der Waals surface area contributed by atoms with Crippen LogP contribution >= 0.6 is 0 Å². The molecule has 160 valence electrons. The van der Waals surface area contributed by atoms with Gasteiger partial charge in [-0.2, -0.15) is 5.26 Å². The van der Waals surface area contributed by atoms with E-state index >= 15 is 0 Å². The number of nitriles is 1. The van der Waals surface area contributed by atoms with Crippen LogP contribution in [0, 0.1) is 21.4 Å². The summed E-state index contributed by atoms with van der Waals surface area (Å²) in [5, 5.41) is 22.5. The number of carbonyl (C=O) groups is 1. The number of hydrogen-bond donors (Lipinski definition) is 2. The number of rotatable bonds is 5. The highest BCUT2D eigenvalue weighted by Crippen LogP contribution is 2.32. The normalized spacial score (nSPS) is 11.6. The fourth-order valence-electron chi connectivity index (χ4n) is 3.08. The lowest BCUT2D eigenvalue weighted by atomic mass is 10.1. The molecule has 0 saturated heterocycles. The number of amides is 1. The predicted molar refractivity (Wildman–Crippen MR) is 109 cm³/mol. The predicted octanol–water partition coefficient (Wildman–Crippen LogP) is 1.35. The van der Waals surface area contributed by atoms with Crippen molar-refractivity contribution in [1.82, 2.24) is 9.55 Å². The molecule has 2 N–H and O–H groups in total. The number of nitrogens with zero attached hydrogens (tertiary/aromatic N) is 3. The zero-order chi connectivity index (χ0) is 22.8. The number of H-pyrrole nitrogens is 1. The number of hydrogen-bond acceptors (Lipinski definition) is 8. The number of nitro benzene ring substituents is 1. The van der Waals surface area contributed by atoms with Gasteiger partial charge in [0.2, 0.25) is 6.79 Å². The molecule has 1 aliphatic rings. The first-order valence-electron chi connectivity index (χ1n) is 9.08. The van der Waals surface area contributed by atoms with E-state index in [2.05, 4.69) is 10.3 Å². The first-order valence-corrected chi connectivity index (χ1v) is 9.08. The molecule has 0 fully saturated rings. The van der Waals surface area contributed by atoms with Crippen molar-refractivity contribution in [3.63, 3.8) is 0 Å². The molecule has 0 saturated carbocycles. The number of anilines is 1. The Bertz CT molecular complexity index is 1420. The van der Waals surface area contributed by atoms with Crippen LogP contribution in [0.5, 0.6) is 11.5 Å². The highest BCUT2D eigenvalue weighted by atomic mass is 16.7. The second-order valence-electron chi connectivity index (χ2n) is 6.64. The van der Waals surface area contributed by atoms with E-state index in [-0.39, 0.29) is 35.8 Å². The molecule has 12 heteroatoms. The van der Waals surface area contributed by atoms with E-state index in [0.29, 0.717) is 17.1 Å². The molecule has 2 aromatic carbocycles. The molecule has 12 nitrogen and oxygen atoms in total. The van der Waals surface area contributed by atoms with Gasteiger partial charge >= 0.3 is 5.69 Å². The lowest BCUT2D eigenvalue weighted by Gasteiger charge is -2.09. The summed E-state index contributed by atoms with van der Waals surface area (Å²) in [6.45, 7) is -0.0603. The summed E-state index contributed by atoms with van der Waals surface area (Å²) < 4.78 is 11.3. The molecule has 0 bridgehead atoms. The number of nitro groups is 1. The van der Waals surface area contributed by atoms with E-state index in [1.807, 2.05) is 0 Å². The van der Waals surface area contributed by atoms with E-state index < -0.39 is 22.1 Å². The molecular weight excluding hydrogens is 422 g/mol. The third kappa shape index (κ3) is 3.77. The van der Waals surface area contributed by atoms with Crippen LogP contribution in [0.1, 0.15) is 21.5 Å². The molecular formula is C20H13N5O7. The summed E-state index contributed by atoms with van der Waals surface area (Å²) in [5.74, 6) is 0.124. The molecule has 0 radical (unpaired) electrons. The van der Waals surface area contributed by atoms with Crippen molar-refractivity contribution in [2.45, 2.75) is 6.54 Å². The Morgan fingerprint density at radius 2 is 2.00 bits per heavy atom. The Morgan fingerprint density at radius 1 is 1.22 bits per heavy atom. The monoisotopic (exact) mass is 435 g/mol. The number of aromatic amines is 1. The van der Waals surface area contributed by atoms with Crippen LogP contribution < -0.4 is 26.0 Å². The fourth-order valence-corrected chi connectivity index (χ4v) is 3.08. The number of ether oxygens (including phenoxy) is 2. The summed E-state index contributed by atoms with van der Waals surface area (Å²) in [6, 6.07) is 9.97. The van der Waals surface area contributed by atoms with Crippen molar-refractivity contribution >= 4 is 17.3 Å². The lowest BCUT2D eigenvalue weighted by molar-refractivity contribution is -0.384.